The second-order valence-corrected chi connectivity index (χ2v) is 5.58. The minimum Gasteiger partial charge on any atom is -0.250 e. The van der Waals surface area contributed by atoms with Gasteiger partial charge in [-0.1, -0.05) is 48.0 Å². The van der Waals surface area contributed by atoms with Crippen LogP contribution in [0.2, 0.25) is 0 Å². The highest BCUT2D eigenvalue weighted by molar-refractivity contribution is 7.88. The average molecular weight is 256 g/mol. The number of hydrogen-bond acceptors (Lipinski definition) is 1. The van der Waals surface area contributed by atoms with Gasteiger partial charge in [0, 0.05) is 10.3 Å². The van der Waals surface area contributed by atoms with Gasteiger partial charge in [0.2, 0.25) is 0 Å². The Labute approximate surface area is 111 Å². The van der Waals surface area contributed by atoms with E-state index < -0.39 is 10.8 Å². The standard InChI is InChI=1S/C16H16OS/c1-13-8-10-16(11-9-13)18(17)12-14(2)15-6-4-3-5-7-15/h3-12H,1-2H3/b14-12-/t18-/m1/s1. The number of aryl methyl sites for hydroxylation is 1. The fraction of sp³-hybridized carbons (Fsp3) is 0.125. The van der Waals surface area contributed by atoms with Gasteiger partial charge in [-0.15, -0.1) is 0 Å². The molecule has 0 heterocycles. The summed E-state index contributed by atoms with van der Waals surface area (Å²) >= 11 is 0. The Balaban J connectivity index is 2.23. The molecule has 0 amide bonds. The van der Waals surface area contributed by atoms with Crippen molar-refractivity contribution in [2.45, 2.75) is 18.7 Å². The first-order valence-electron chi connectivity index (χ1n) is 5.88. The predicted molar refractivity (Wildman–Crippen MR) is 77.7 cm³/mol. The normalized spacial score (nSPS) is 13.3. The molecule has 18 heavy (non-hydrogen) atoms. The summed E-state index contributed by atoms with van der Waals surface area (Å²) in [6, 6.07) is 17.8. The fourth-order valence-electron chi connectivity index (χ4n) is 1.67. The maximum absolute atomic E-state index is 12.2. The monoisotopic (exact) mass is 256 g/mol. The van der Waals surface area contributed by atoms with Crippen LogP contribution >= 0.6 is 0 Å². The van der Waals surface area contributed by atoms with Gasteiger partial charge < -0.3 is 0 Å². The molecule has 0 radical (unpaired) electrons. The Bertz CT molecular complexity index is 568. The molecule has 0 fully saturated rings. The molecule has 0 bridgehead atoms. The van der Waals surface area contributed by atoms with Crippen molar-refractivity contribution < 1.29 is 4.21 Å². The molecule has 1 atom stereocenters. The van der Waals surface area contributed by atoms with Gasteiger partial charge in [0.25, 0.3) is 0 Å². The highest BCUT2D eigenvalue weighted by atomic mass is 32.2. The summed E-state index contributed by atoms with van der Waals surface area (Å²) in [6.07, 6.45) is 0. The molecule has 0 aliphatic carbocycles. The Hall–Kier alpha value is -1.67. The van der Waals surface area contributed by atoms with Crippen LogP contribution < -0.4 is 0 Å². The molecule has 0 aromatic heterocycles. The van der Waals surface area contributed by atoms with Crippen LogP contribution in [-0.2, 0) is 10.8 Å². The van der Waals surface area contributed by atoms with Gasteiger partial charge in [-0.3, -0.25) is 0 Å². The lowest BCUT2D eigenvalue weighted by Gasteiger charge is -2.02. The molecule has 0 spiro atoms. The molecule has 2 heteroatoms. The minimum absolute atomic E-state index is 0.843. The summed E-state index contributed by atoms with van der Waals surface area (Å²) < 4.78 is 12.2. The van der Waals surface area contributed by atoms with Crippen LogP contribution in [0.15, 0.2) is 64.9 Å². The maximum Gasteiger partial charge on any atom is 0.0778 e. The van der Waals surface area contributed by atoms with E-state index in [4.69, 9.17) is 0 Å². The highest BCUT2D eigenvalue weighted by Gasteiger charge is 2.02. The van der Waals surface area contributed by atoms with E-state index in [1.54, 1.807) is 5.41 Å². The van der Waals surface area contributed by atoms with Crippen molar-refractivity contribution in [2.75, 3.05) is 0 Å². The maximum atomic E-state index is 12.2. The second-order valence-electron chi connectivity index (χ2n) is 4.28. The molecule has 2 rings (SSSR count). The minimum atomic E-state index is -1.08. The van der Waals surface area contributed by atoms with E-state index in [1.807, 2.05) is 68.4 Å². The number of benzene rings is 2. The lowest BCUT2D eigenvalue weighted by atomic mass is 10.1. The zero-order valence-electron chi connectivity index (χ0n) is 10.6. The van der Waals surface area contributed by atoms with E-state index in [0.29, 0.717) is 0 Å². The van der Waals surface area contributed by atoms with Gasteiger partial charge in [0.05, 0.1) is 10.8 Å². The van der Waals surface area contributed by atoms with Crippen LogP contribution in [0.1, 0.15) is 18.1 Å². The van der Waals surface area contributed by atoms with Crippen molar-refractivity contribution in [3.63, 3.8) is 0 Å². The molecule has 0 unspecified atom stereocenters. The van der Waals surface area contributed by atoms with E-state index >= 15 is 0 Å². The van der Waals surface area contributed by atoms with Gasteiger partial charge in [-0.25, -0.2) is 4.21 Å². The quantitative estimate of drug-likeness (QED) is 0.805. The van der Waals surface area contributed by atoms with Crippen LogP contribution in [0.4, 0.5) is 0 Å². The average Bonchev–Trinajstić information content (AvgIpc) is 2.40. The van der Waals surface area contributed by atoms with Crippen molar-refractivity contribution in [3.8, 4) is 0 Å². The second kappa shape index (κ2) is 5.78. The van der Waals surface area contributed by atoms with Crippen LogP contribution in [0.5, 0.6) is 0 Å². The lowest BCUT2D eigenvalue weighted by molar-refractivity contribution is 0.688. The zero-order valence-corrected chi connectivity index (χ0v) is 11.4. The Morgan fingerprint density at radius 1 is 1.00 bits per heavy atom. The third-order valence-corrected chi connectivity index (χ3v) is 4.07. The van der Waals surface area contributed by atoms with Crippen molar-refractivity contribution in [2.24, 2.45) is 0 Å². The Morgan fingerprint density at radius 2 is 1.61 bits per heavy atom. The molecular formula is C16H16OS. The van der Waals surface area contributed by atoms with Gasteiger partial charge in [0.1, 0.15) is 0 Å². The first-order chi connectivity index (χ1) is 8.66. The van der Waals surface area contributed by atoms with E-state index in [0.717, 1.165) is 16.0 Å². The van der Waals surface area contributed by atoms with E-state index in [1.165, 1.54) is 5.56 Å². The molecule has 2 aromatic rings. The molecule has 0 aliphatic heterocycles. The zero-order chi connectivity index (χ0) is 13.0. The van der Waals surface area contributed by atoms with Crippen LogP contribution in [0.25, 0.3) is 5.57 Å². The Kier molecular flexibility index (Phi) is 4.11. The summed E-state index contributed by atoms with van der Waals surface area (Å²) in [7, 11) is -1.08. The highest BCUT2D eigenvalue weighted by Crippen LogP contribution is 2.17. The molecular weight excluding hydrogens is 240 g/mol. The van der Waals surface area contributed by atoms with Gasteiger partial charge in [-0.2, -0.15) is 0 Å². The van der Waals surface area contributed by atoms with Gasteiger partial charge in [0.15, 0.2) is 0 Å². The molecule has 1 nitrogen and oxygen atoms in total. The first-order valence-corrected chi connectivity index (χ1v) is 7.09. The van der Waals surface area contributed by atoms with Crippen LogP contribution in [-0.4, -0.2) is 4.21 Å². The van der Waals surface area contributed by atoms with E-state index in [9.17, 15) is 4.21 Å². The molecule has 0 saturated carbocycles. The van der Waals surface area contributed by atoms with Crippen molar-refractivity contribution in [1.29, 1.82) is 0 Å². The van der Waals surface area contributed by atoms with Crippen LogP contribution in [0.3, 0.4) is 0 Å². The number of rotatable bonds is 3. The molecule has 0 aliphatic rings. The summed E-state index contributed by atoms with van der Waals surface area (Å²) in [5.41, 5.74) is 3.33. The number of hydrogen-bond donors (Lipinski definition) is 0. The van der Waals surface area contributed by atoms with Crippen LogP contribution in [0, 0.1) is 6.92 Å². The largest absolute Gasteiger partial charge is 0.250 e. The third kappa shape index (κ3) is 3.17. The topological polar surface area (TPSA) is 17.1 Å². The van der Waals surface area contributed by atoms with Gasteiger partial charge in [-0.05, 0) is 37.1 Å². The summed E-state index contributed by atoms with van der Waals surface area (Å²) in [5, 5.41) is 1.81. The van der Waals surface area contributed by atoms with Crippen molar-refractivity contribution >= 4 is 16.4 Å². The predicted octanol–water partition coefficient (Wildman–Crippen LogP) is 4.16. The molecule has 92 valence electrons. The molecule has 0 saturated heterocycles. The molecule has 2 aromatic carbocycles. The van der Waals surface area contributed by atoms with E-state index in [-0.39, 0.29) is 0 Å². The SMILES string of the molecule is C/C(=C/[S@@](=O)c1ccc(C)cc1)c1ccccc1. The van der Waals surface area contributed by atoms with Gasteiger partial charge >= 0.3 is 0 Å². The third-order valence-electron chi connectivity index (χ3n) is 2.77. The smallest absolute Gasteiger partial charge is 0.0778 e. The summed E-state index contributed by atoms with van der Waals surface area (Å²) in [6.45, 7) is 4.01. The van der Waals surface area contributed by atoms with E-state index in [2.05, 4.69) is 0 Å². The Morgan fingerprint density at radius 3 is 2.22 bits per heavy atom. The number of allylic oxidation sites excluding steroid dienone is 1. The summed E-state index contributed by atoms with van der Waals surface area (Å²) in [5.74, 6) is 0. The van der Waals surface area contributed by atoms with Crippen molar-refractivity contribution in [3.05, 3.63) is 71.1 Å². The van der Waals surface area contributed by atoms with Crippen molar-refractivity contribution in [1.82, 2.24) is 0 Å². The lowest BCUT2D eigenvalue weighted by Crippen LogP contribution is -1.88. The summed E-state index contributed by atoms with van der Waals surface area (Å²) in [4.78, 5) is 0.843. The first kappa shape index (κ1) is 12.8. The molecule has 0 N–H and O–H groups in total. The fourth-order valence-corrected chi connectivity index (χ4v) is 2.67.